The highest BCUT2D eigenvalue weighted by atomic mass is 35.5. The van der Waals surface area contributed by atoms with E-state index >= 15 is 0 Å². The van der Waals surface area contributed by atoms with E-state index in [-0.39, 0.29) is 31.1 Å². The molecule has 0 unspecified atom stereocenters. The predicted molar refractivity (Wildman–Crippen MR) is 96.1 cm³/mol. The summed E-state index contributed by atoms with van der Waals surface area (Å²) in [5, 5.41) is 0. The highest BCUT2D eigenvalue weighted by Crippen LogP contribution is 2.24. The van der Waals surface area contributed by atoms with E-state index in [1.54, 1.807) is 24.3 Å². The number of aryl methyl sites for hydroxylation is 1. The van der Waals surface area contributed by atoms with Crippen molar-refractivity contribution in [3.05, 3.63) is 65.2 Å². The zero-order valence-electron chi connectivity index (χ0n) is 13.8. The Kier molecular flexibility index (Phi) is 7.95. The molecule has 0 spiro atoms. The summed E-state index contributed by atoms with van der Waals surface area (Å²) in [5.74, 6) is -1.87. The Morgan fingerprint density at radius 3 is 2.32 bits per heavy atom. The third-order valence-electron chi connectivity index (χ3n) is 3.64. The normalized spacial score (nSPS) is 11.4. The lowest BCUT2D eigenvalue weighted by Crippen LogP contribution is -2.33. The fourth-order valence-corrected chi connectivity index (χ4v) is 3.90. The van der Waals surface area contributed by atoms with Crippen LogP contribution in [0, 0.1) is 18.6 Å². The molecule has 0 radical (unpaired) electrons. The number of rotatable bonds is 7. The third-order valence-corrected chi connectivity index (χ3v) is 5.50. The van der Waals surface area contributed by atoms with E-state index in [4.69, 9.17) is 5.73 Å². The molecule has 0 saturated carbocycles. The molecular weight excluding hydrogens is 370 g/mol. The first-order valence-electron chi connectivity index (χ1n) is 7.56. The molecule has 2 N–H and O–H groups in total. The largest absolute Gasteiger partial charge is 0.330 e. The van der Waals surface area contributed by atoms with Crippen LogP contribution < -0.4 is 5.73 Å². The van der Waals surface area contributed by atoms with Gasteiger partial charge in [-0.1, -0.05) is 30.3 Å². The van der Waals surface area contributed by atoms with Crippen molar-refractivity contribution in [1.29, 1.82) is 0 Å². The van der Waals surface area contributed by atoms with Crippen LogP contribution in [-0.2, 0) is 16.6 Å². The first-order valence-corrected chi connectivity index (χ1v) is 9.00. The van der Waals surface area contributed by atoms with Crippen LogP contribution in [0.15, 0.2) is 47.4 Å². The van der Waals surface area contributed by atoms with Gasteiger partial charge in [0.2, 0.25) is 10.0 Å². The van der Waals surface area contributed by atoms with Crippen molar-refractivity contribution < 1.29 is 17.2 Å². The second-order valence-corrected chi connectivity index (χ2v) is 7.40. The van der Waals surface area contributed by atoms with Crippen LogP contribution in [0.5, 0.6) is 0 Å². The zero-order chi connectivity index (χ0) is 17.7. The highest BCUT2D eigenvalue weighted by molar-refractivity contribution is 7.89. The van der Waals surface area contributed by atoms with Gasteiger partial charge in [0.25, 0.3) is 0 Å². The van der Waals surface area contributed by atoms with Crippen LogP contribution in [0.2, 0.25) is 0 Å². The summed E-state index contributed by atoms with van der Waals surface area (Å²) in [6.07, 6.45) is 0.438. The van der Waals surface area contributed by atoms with E-state index in [0.29, 0.717) is 19.0 Å². The number of halogens is 3. The van der Waals surface area contributed by atoms with Crippen molar-refractivity contribution in [2.24, 2.45) is 5.73 Å². The smallest absolute Gasteiger partial charge is 0.246 e. The number of hydrogen-bond donors (Lipinski definition) is 1. The number of benzene rings is 2. The van der Waals surface area contributed by atoms with Gasteiger partial charge in [0.1, 0.15) is 16.5 Å². The molecule has 8 heteroatoms. The third kappa shape index (κ3) is 5.22. The Bertz CT molecular complexity index is 802. The Labute approximate surface area is 153 Å². The van der Waals surface area contributed by atoms with E-state index in [1.165, 1.54) is 11.2 Å². The van der Waals surface area contributed by atoms with E-state index in [9.17, 15) is 17.2 Å². The monoisotopic (exact) mass is 390 g/mol. The topological polar surface area (TPSA) is 63.4 Å². The SMILES string of the molecule is Cc1cc(S(=O)(=O)N(CCCN)Cc2ccccc2)c(F)cc1F.Cl. The van der Waals surface area contributed by atoms with Gasteiger partial charge >= 0.3 is 0 Å². The molecule has 138 valence electrons. The van der Waals surface area contributed by atoms with Gasteiger partial charge in [-0.05, 0) is 37.1 Å². The number of hydrogen-bond acceptors (Lipinski definition) is 3. The maximum atomic E-state index is 14.1. The molecule has 0 amide bonds. The standard InChI is InChI=1S/C17H20F2N2O2S.ClH/c1-13-10-17(16(19)11-15(13)18)24(22,23)21(9-5-8-20)12-14-6-3-2-4-7-14;/h2-4,6-7,10-11H,5,8-9,12,20H2,1H3;1H. The van der Waals surface area contributed by atoms with E-state index < -0.39 is 26.6 Å². The predicted octanol–water partition coefficient (Wildman–Crippen LogP) is 3.23. The number of sulfonamides is 1. The van der Waals surface area contributed by atoms with Gasteiger partial charge in [-0.15, -0.1) is 12.4 Å². The molecule has 0 bridgehead atoms. The minimum Gasteiger partial charge on any atom is -0.330 e. The fraction of sp³-hybridized carbons (Fsp3) is 0.294. The molecule has 0 heterocycles. The number of nitrogens with two attached hydrogens (primary N) is 1. The fourth-order valence-electron chi connectivity index (χ4n) is 2.31. The molecule has 25 heavy (non-hydrogen) atoms. The lowest BCUT2D eigenvalue weighted by atomic mass is 10.2. The van der Waals surface area contributed by atoms with Gasteiger partial charge in [-0.2, -0.15) is 4.31 Å². The minimum atomic E-state index is -4.11. The maximum Gasteiger partial charge on any atom is 0.246 e. The molecule has 2 aromatic carbocycles. The van der Waals surface area contributed by atoms with Gasteiger partial charge in [-0.3, -0.25) is 0 Å². The summed E-state index contributed by atoms with van der Waals surface area (Å²) in [6.45, 7) is 1.96. The highest BCUT2D eigenvalue weighted by Gasteiger charge is 2.28. The average molecular weight is 391 g/mol. The summed E-state index contributed by atoms with van der Waals surface area (Å²) in [7, 11) is -4.11. The van der Waals surface area contributed by atoms with Crippen molar-refractivity contribution in [1.82, 2.24) is 4.31 Å². The van der Waals surface area contributed by atoms with Crippen molar-refractivity contribution in [2.45, 2.75) is 24.8 Å². The van der Waals surface area contributed by atoms with Crippen molar-refractivity contribution in [3.63, 3.8) is 0 Å². The van der Waals surface area contributed by atoms with Gasteiger partial charge in [0.15, 0.2) is 0 Å². The van der Waals surface area contributed by atoms with E-state index in [0.717, 1.165) is 11.6 Å². The molecular formula is C17H21ClF2N2O2S. The molecule has 0 aliphatic heterocycles. The Hall–Kier alpha value is -1.54. The van der Waals surface area contributed by atoms with Crippen LogP contribution in [0.1, 0.15) is 17.5 Å². The zero-order valence-corrected chi connectivity index (χ0v) is 15.4. The molecule has 0 saturated heterocycles. The van der Waals surface area contributed by atoms with Crippen molar-refractivity contribution in [3.8, 4) is 0 Å². The molecule has 0 aromatic heterocycles. The van der Waals surface area contributed by atoms with Crippen molar-refractivity contribution >= 4 is 22.4 Å². The molecule has 4 nitrogen and oxygen atoms in total. The molecule has 0 fully saturated rings. The molecule has 2 aromatic rings. The summed E-state index contributed by atoms with van der Waals surface area (Å²) >= 11 is 0. The Morgan fingerprint density at radius 2 is 1.72 bits per heavy atom. The van der Waals surface area contributed by atoms with Gasteiger partial charge < -0.3 is 5.73 Å². The first-order chi connectivity index (χ1) is 11.4. The molecule has 2 rings (SSSR count). The lowest BCUT2D eigenvalue weighted by molar-refractivity contribution is 0.398. The summed E-state index contributed by atoms with van der Waals surface area (Å²) in [6, 6.07) is 10.6. The number of nitrogens with zero attached hydrogens (tertiary/aromatic N) is 1. The van der Waals surface area contributed by atoms with Gasteiger partial charge in [0.05, 0.1) is 0 Å². The van der Waals surface area contributed by atoms with Crippen LogP contribution in [0.3, 0.4) is 0 Å². The molecule has 0 atom stereocenters. The van der Waals surface area contributed by atoms with Crippen LogP contribution in [0.4, 0.5) is 8.78 Å². The van der Waals surface area contributed by atoms with E-state index in [2.05, 4.69) is 0 Å². The molecule has 0 aliphatic carbocycles. The summed E-state index contributed by atoms with van der Waals surface area (Å²) < 4.78 is 54.4. The molecule has 0 aliphatic rings. The van der Waals surface area contributed by atoms with Crippen LogP contribution in [-0.4, -0.2) is 25.8 Å². The van der Waals surface area contributed by atoms with Crippen LogP contribution >= 0.6 is 12.4 Å². The van der Waals surface area contributed by atoms with E-state index in [1.807, 2.05) is 6.07 Å². The quantitative estimate of drug-likeness (QED) is 0.789. The minimum absolute atomic E-state index is 0. The van der Waals surface area contributed by atoms with Crippen LogP contribution in [0.25, 0.3) is 0 Å². The van der Waals surface area contributed by atoms with Gasteiger partial charge in [-0.25, -0.2) is 17.2 Å². The average Bonchev–Trinajstić information content (AvgIpc) is 2.55. The first kappa shape index (κ1) is 21.5. The Morgan fingerprint density at radius 1 is 1.08 bits per heavy atom. The maximum absolute atomic E-state index is 14.1. The van der Waals surface area contributed by atoms with Gasteiger partial charge in [0, 0.05) is 19.2 Å². The summed E-state index contributed by atoms with van der Waals surface area (Å²) in [4.78, 5) is -0.519. The lowest BCUT2D eigenvalue weighted by Gasteiger charge is -2.22. The second-order valence-electron chi connectivity index (χ2n) is 5.50. The van der Waals surface area contributed by atoms with Crippen molar-refractivity contribution in [2.75, 3.05) is 13.1 Å². The summed E-state index contributed by atoms with van der Waals surface area (Å²) in [5.41, 5.74) is 6.33. The Balaban J connectivity index is 0.00000312. The second kappa shape index (κ2) is 9.24.